The number of hydrogen-bond donors (Lipinski definition) is 2. The van der Waals surface area contributed by atoms with Crippen molar-refractivity contribution in [3.8, 4) is 0 Å². The van der Waals surface area contributed by atoms with Gasteiger partial charge in [-0.2, -0.15) is 5.10 Å². The predicted molar refractivity (Wildman–Crippen MR) is 73.5 cm³/mol. The molecule has 2 aromatic rings. The summed E-state index contributed by atoms with van der Waals surface area (Å²) in [4.78, 5) is 11.7. The average molecular weight is 256 g/mol. The first-order chi connectivity index (χ1) is 9.24. The van der Waals surface area contributed by atoms with E-state index in [4.69, 9.17) is 0 Å². The summed E-state index contributed by atoms with van der Waals surface area (Å²) in [7, 11) is 0. The number of aryl methyl sites for hydroxylation is 1. The molecule has 1 amide bonds. The van der Waals surface area contributed by atoms with Gasteiger partial charge < -0.3 is 10.6 Å². The van der Waals surface area contributed by atoms with Gasteiger partial charge in [-0.05, 0) is 24.1 Å². The summed E-state index contributed by atoms with van der Waals surface area (Å²) in [5.74, 6) is 0.530. The maximum absolute atomic E-state index is 11.7. The third-order valence-corrected chi connectivity index (χ3v) is 2.55. The van der Waals surface area contributed by atoms with Gasteiger partial charge in [0.15, 0.2) is 0 Å². The highest BCUT2D eigenvalue weighted by Crippen LogP contribution is 2.02. The number of rotatable bonds is 5. The highest BCUT2D eigenvalue weighted by atomic mass is 16.1. The summed E-state index contributed by atoms with van der Waals surface area (Å²) in [6.07, 6.45) is 1.67. The van der Waals surface area contributed by atoms with E-state index in [0.29, 0.717) is 12.4 Å². The van der Waals surface area contributed by atoms with Crippen LogP contribution in [-0.2, 0) is 11.3 Å². The quantitative estimate of drug-likeness (QED) is 0.851. The van der Waals surface area contributed by atoms with Crippen LogP contribution >= 0.6 is 0 Å². The zero-order chi connectivity index (χ0) is 13.5. The van der Waals surface area contributed by atoms with Gasteiger partial charge in [0, 0.05) is 6.54 Å². The second-order valence-corrected chi connectivity index (χ2v) is 4.23. The SMILES string of the molecule is Cc1cnnc(NCC(=O)NCc2ccccc2)c1. The van der Waals surface area contributed by atoms with Crippen LogP contribution in [0.1, 0.15) is 11.1 Å². The topological polar surface area (TPSA) is 66.9 Å². The van der Waals surface area contributed by atoms with Gasteiger partial charge in [0.25, 0.3) is 0 Å². The Labute approximate surface area is 112 Å². The van der Waals surface area contributed by atoms with Gasteiger partial charge in [-0.3, -0.25) is 4.79 Å². The maximum atomic E-state index is 11.7. The van der Waals surface area contributed by atoms with E-state index in [1.165, 1.54) is 0 Å². The molecule has 2 N–H and O–H groups in total. The van der Waals surface area contributed by atoms with Crippen molar-refractivity contribution in [2.24, 2.45) is 0 Å². The van der Waals surface area contributed by atoms with E-state index in [2.05, 4.69) is 20.8 Å². The number of carbonyl (C=O) groups excluding carboxylic acids is 1. The van der Waals surface area contributed by atoms with Gasteiger partial charge in [-0.1, -0.05) is 30.3 Å². The summed E-state index contributed by atoms with van der Waals surface area (Å²) in [5.41, 5.74) is 2.08. The molecule has 5 heteroatoms. The molecule has 0 aliphatic rings. The lowest BCUT2D eigenvalue weighted by Gasteiger charge is -2.07. The van der Waals surface area contributed by atoms with Crippen molar-refractivity contribution in [3.05, 3.63) is 53.7 Å². The molecule has 1 aromatic carbocycles. The van der Waals surface area contributed by atoms with E-state index in [1.54, 1.807) is 6.20 Å². The van der Waals surface area contributed by atoms with Crippen molar-refractivity contribution in [2.75, 3.05) is 11.9 Å². The molecule has 0 atom stereocenters. The third-order valence-electron chi connectivity index (χ3n) is 2.55. The number of nitrogens with one attached hydrogen (secondary N) is 2. The van der Waals surface area contributed by atoms with Gasteiger partial charge >= 0.3 is 0 Å². The molecule has 0 aliphatic heterocycles. The third kappa shape index (κ3) is 4.39. The fourth-order valence-corrected chi connectivity index (χ4v) is 1.58. The normalized spacial score (nSPS) is 9.95. The summed E-state index contributed by atoms with van der Waals surface area (Å²) in [6, 6.07) is 11.6. The maximum Gasteiger partial charge on any atom is 0.239 e. The van der Waals surface area contributed by atoms with Crippen LogP contribution in [0.4, 0.5) is 5.82 Å². The van der Waals surface area contributed by atoms with Crippen molar-refractivity contribution in [2.45, 2.75) is 13.5 Å². The molecule has 0 spiro atoms. The molecule has 0 bridgehead atoms. The van der Waals surface area contributed by atoms with Crippen LogP contribution in [0.5, 0.6) is 0 Å². The fourth-order valence-electron chi connectivity index (χ4n) is 1.58. The van der Waals surface area contributed by atoms with Crippen LogP contribution in [0.2, 0.25) is 0 Å². The molecule has 0 fully saturated rings. The van der Waals surface area contributed by atoms with Crippen LogP contribution in [0.25, 0.3) is 0 Å². The van der Waals surface area contributed by atoms with Crippen molar-refractivity contribution in [1.29, 1.82) is 0 Å². The van der Waals surface area contributed by atoms with Gasteiger partial charge in [-0.15, -0.1) is 5.10 Å². The zero-order valence-corrected chi connectivity index (χ0v) is 10.8. The Morgan fingerprint density at radius 1 is 1.26 bits per heavy atom. The van der Waals surface area contributed by atoms with E-state index in [0.717, 1.165) is 11.1 Å². The van der Waals surface area contributed by atoms with Crippen molar-refractivity contribution in [3.63, 3.8) is 0 Å². The fraction of sp³-hybridized carbons (Fsp3) is 0.214. The number of amides is 1. The average Bonchev–Trinajstić information content (AvgIpc) is 2.44. The Hall–Kier alpha value is -2.43. The molecular formula is C14H16N4O. The van der Waals surface area contributed by atoms with E-state index in [1.807, 2.05) is 43.3 Å². The van der Waals surface area contributed by atoms with E-state index in [-0.39, 0.29) is 12.5 Å². The Kier molecular flexibility index (Phi) is 4.44. The lowest BCUT2D eigenvalue weighted by Crippen LogP contribution is -2.29. The summed E-state index contributed by atoms with van der Waals surface area (Å²) in [6.45, 7) is 2.64. The molecule has 0 saturated carbocycles. The predicted octanol–water partition coefficient (Wildman–Crippen LogP) is 1.51. The van der Waals surface area contributed by atoms with E-state index in [9.17, 15) is 4.79 Å². The van der Waals surface area contributed by atoms with Gasteiger partial charge in [0.1, 0.15) is 5.82 Å². The van der Waals surface area contributed by atoms with Crippen LogP contribution in [0.15, 0.2) is 42.6 Å². The minimum absolute atomic E-state index is 0.0767. The Morgan fingerprint density at radius 2 is 2.05 bits per heavy atom. The Balaban J connectivity index is 1.76. The highest BCUT2D eigenvalue weighted by Gasteiger charge is 2.02. The molecule has 0 saturated heterocycles. The van der Waals surface area contributed by atoms with E-state index < -0.39 is 0 Å². The minimum atomic E-state index is -0.0767. The highest BCUT2D eigenvalue weighted by molar-refractivity contribution is 5.80. The van der Waals surface area contributed by atoms with Crippen LogP contribution in [0.3, 0.4) is 0 Å². The van der Waals surface area contributed by atoms with Crippen molar-refractivity contribution >= 4 is 11.7 Å². The lowest BCUT2D eigenvalue weighted by atomic mass is 10.2. The second kappa shape index (κ2) is 6.49. The smallest absolute Gasteiger partial charge is 0.239 e. The van der Waals surface area contributed by atoms with Gasteiger partial charge in [0.2, 0.25) is 5.91 Å². The van der Waals surface area contributed by atoms with Gasteiger partial charge in [-0.25, -0.2) is 0 Å². The summed E-state index contributed by atoms with van der Waals surface area (Å²) >= 11 is 0. The largest absolute Gasteiger partial charge is 0.360 e. The molecule has 98 valence electrons. The van der Waals surface area contributed by atoms with Gasteiger partial charge in [0.05, 0.1) is 12.7 Å². The second-order valence-electron chi connectivity index (χ2n) is 4.23. The first-order valence-corrected chi connectivity index (χ1v) is 6.08. The summed E-state index contributed by atoms with van der Waals surface area (Å²) in [5, 5.41) is 13.5. The molecule has 0 aliphatic carbocycles. The molecule has 0 radical (unpaired) electrons. The number of hydrogen-bond acceptors (Lipinski definition) is 4. The number of aromatic nitrogens is 2. The lowest BCUT2D eigenvalue weighted by molar-refractivity contribution is -0.119. The molecule has 5 nitrogen and oxygen atoms in total. The molecule has 19 heavy (non-hydrogen) atoms. The number of anilines is 1. The first-order valence-electron chi connectivity index (χ1n) is 6.08. The molecule has 1 aromatic heterocycles. The number of nitrogens with zero attached hydrogens (tertiary/aromatic N) is 2. The molecular weight excluding hydrogens is 240 g/mol. The molecule has 2 rings (SSSR count). The monoisotopic (exact) mass is 256 g/mol. The van der Waals surface area contributed by atoms with Crippen LogP contribution < -0.4 is 10.6 Å². The summed E-state index contributed by atoms with van der Waals surface area (Å²) < 4.78 is 0. The van der Waals surface area contributed by atoms with Crippen molar-refractivity contribution in [1.82, 2.24) is 15.5 Å². The molecule has 0 unspecified atom stereocenters. The Morgan fingerprint density at radius 3 is 2.79 bits per heavy atom. The standard InChI is InChI=1S/C14H16N4O/c1-11-7-13(18-17-8-11)15-10-14(19)16-9-12-5-3-2-4-6-12/h2-8H,9-10H2,1H3,(H,15,18)(H,16,19). The van der Waals surface area contributed by atoms with Crippen LogP contribution in [-0.4, -0.2) is 22.6 Å². The number of benzene rings is 1. The number of carbonyl (C=O) groups is 1. The zero-order valence-electron chi connectivity index (χ0n) is 10.8. The Bertz CT molecular complexity index is 542. The van der Waals surface area contributed by atoms with E-state index >= 15 is 0 Å². The minimum Gasteiger partial charge on any atom is -0.360 e. The first kappa shape index (κ1) is 13.0. The van der Waals surface area contributed by atoms with Crippen LogP contribution in [0, 0.1) is 6.92 Å². The molecule has 1 heterocycles. The van der Waals surface area contributed by atoms with Crippen molar-refractivity contribution < 1.29 is 4.79 Å².